The molecule has 0 N–H and O–H groups in total. The number of ether oxygens (including phenoxy) is 2. The SMILES string of the molecule is CN1CCOc2ccccc2Oc2ccccc2C1.Cl. The second kappa shape index (κ2) is 6.64. The van der Waals surface area contributed by atoms with E-state index >= 15 is 0 Å². The van der Waals surface area contributed by atoms with Crippen molar-refractivity contribution in [1.82, 2.24) is 4.90 Å². The van der Waals surface area contributed by atoms with Gasteiger partial charge in [0.05, 0.1) is 0 Å². The number of fused-ring (bicyclic) bond motifs is 2. The Balaban J connectivity index is 0.00000147. The van der Waals surface area contributed by atoms with E-state index in [2.05, 4.69) is 18.0 Å². The molecule has 106 valence electrons. The molecule has 3 nitrogen and oxygen atoms in total. The van der Waals surface area contributed by atoms with Gasteiger partial charge in [0.2, 0.25) is 0 Å². The zero-order chi connectivity index (χ0) is 13.1. The lowest BCUT2D eigenvalue weighted by atomic mass is 10.2. The second-order valence-electron chi connectivity index (χ2n) is 4.74. The van der Waals surface area contributed by atoms with Crippen LogP contribution < -0.4 is 9.47 Å². The fourth-order valence-corrected chi connectivity index (χ4v) is 2.19. The van der Waals surface area contributed by atoms with Crippen molar-refractivity contribution in [3.8, 4) is 17.2 Å². The van der Waals surface area contributed by atoms with E-state index < -0.39 is 0 Å². The minimum Gasteiger partial charge on any atom is -0.488 e. The lowest BCUT2D eigenvalue weighted by Crippen LogP contribution is -2.24. The summed E-state index contributed by atoms with van der Waals surface area (Å²) in [7, 11) is 2.09. The lowest BCUT2D eigenvalue weighted by molar-refractivity contribution is 0.221. The van der Waals surface area contributed by atoms with Crippen LogP contribution in [0.15, 0.2) is 48.5 Å². The van der Waals surface area contributed by atoms with Crippen LogP contribution in [-0.4, -0.2) is 25.1 Å². The van der Waals surface area contributed by atoms with Gasteiger partial charge in [0.1, 0.15) is 12.4 Å². The molecule has 20 heavy (non-hydrogen) atoms. The molecule has 1 aliphatic rings. The number of hydrogen-bond donors (Lipinski definition) is 0. The van der Waals surface area contributed by atoms with Crippen LogP contribution in [0.25, 0.3) is 0 Å². The normalized spacial score (nSPS) is 14.8. The molecule has 4 heteroatoms. The predicted octanol–water partition coefficient (Wildman–Crippen LogP) is 3.72. The van der Waals surface area contributed by atoms with Crippen LogP contribution in [0.2, 0.25) is 0 Å². The van der Waals surface area contributed by atoms with E-state index in [0.717, 1.165) is 30.3 Å². The van der Waals surface area contributed by atoms with Crippen molar-refractivity contribution >= 4 is 12.4 Å². The highest BCUT2D eigenvalue weighted by Crippen LogP contribution is 2.33. The Morgan fingerprint density at radius 3 is 2.35 bits per heavy atom. The summed E-state index contributed by atoms with van der Waals surface area (Å²) in [5.41, 5.74) is 1.20. The highest BCUT2D eigenvalue weighted by Gasteiger charge is 2.12. The first kappa shape index (κ1) is 14.7. The topological polar surface area (TPSA) is 21.7 Å². The fraction of sp³-hybridized carbons (Fsp3) is 0.250. The summed E-state index contributed by atoms with van der Waals surface area (Å²) in [5.74, 6) is 2.47. The lowest BCUT2D eigenvalue weighted by Gasteiger charge is -2.22. The van der Waals surface area contributed by atoms with Gasteiger partial charge in [-0.25, -0.2) is 0 Å². The number of para-hydroxylation sites is 3. The minimum atomic E-state index is 0. The number of benzene rings is 2. The number of rotatable bonds is 0. The van der Waals surface area contributed by atoms with Crippen molar-refractivity contribution in [1.29, 1.82) is 0 Å². The van der Waals surface area contributed by atoms with Gasteiger partial charge < -0.3 is 9.47 Å². The van der Waals surface area contributed by atoms with Gasteiger partial charge in [-0.1, -0.05) is 30.3 Å². The molecule has 2 aromatic carbocycles. The summed E-state index contributed by atoms with van der Waals surface area (Å²) in [6.45, 7) is 2.42. The van der Waals surface area contributed by atoms with E-state index in [1.807, 2.05) is 42.5 Å². The average molecular weight is 292 g/mol. The van der Waals surface area contributed by atoms with Gasteiger partial charge in [0, 0.05) is 18.7 Å². The first-order valence-corrected chi connectivity index (χ1v) is 6.49. The molecule has 1 aliphatic heterocycles. The van der Waals surface area contributed by atoms with Gasteiger partial charge in [0.15, 0.2) is 11.5 Å². The van der Waals surface area contributed by atoms with Crippen molar-refractivity contribution in [3.05, 3.63) is 54.1 Å². The third kappa shape index (κ3) is 3.24. The minimum absolute atomic E-state index is 0. The van der Waals surface area contributed by atoms with Crippen molar-refractivity contribution in [2.75, 3.05) is 20.2 Å². The van der Waals surface area contributed by atoms with Crippen LogP contribution in [0.5, 0.6) is 17.2 Å². The van der Waals surface area contributed by atoms with Crippen molar-refractivity contribution in [2.45, 2.75) is 6.54 Å². The third-order valence-electron chi connectivity index (χ3n) is 3.21. The van der Waals surface area contributed by atoms with Gasteiger partial charge >= 0.3 is 0 Å². The molecule has 0 aliphatic carbocycles. The molecule has 0 saturated carbocycles. The van der Waals surface area contributed by atoms with Gasteiger partial charge in [-0.2, -0.15) is 0 Å². The Kier molecular flexibility index (Phi) is 4.88. The molecule has 3 rings (SSSR count). The molecule has 0 spiro atoms. The number of halogens is 1. The van der Waals surface area contributed by atoms with E-state index in [1.54, 1.807) is 0 Å². The van der Waals surface area contributed by atoms with Crippen LogP contribution in [0, 0.1) is 0 Å². The smallest absolute Gasteiger partial charge is 0.169 e. The van der Waals surface area contributed by atoms with E-state index in [-0.39, 0.29) is 12.4 Å². The first-order chi connectivity index (χ1) is 9.33. The Morgan fingerprint density at radius 1 is 0.900 bits per heavy atom. The highest BCUT2D eigenvalue weighted by molar-refractivity contribution is 5.85. The summed E-state index contributed by atoms with van der Waals surface area (Å²) in [6.07, 6.45) is 0. The molecular weight excluding hydrogens is 274 g/mol. The maximum absolute atomic E-state index is 6.01. The van der Waals surface area contributed by atoms with Crippen molar-refractivity contribution < 1.29 is 9.47 Å². The average Bonchev–Trinajstić information content (AvgIpc) is 2.43. The number of likely N-dealkylation sites (N-methyl/N-ethyl adjacent to an activating group) is 1. The number of hydrogen-bond acceptors (Lipinski definition) is 3. The molecular formula is C16H18ClNO2. The van der Waals surface area contributed by atoms with E-state index in [0.29, 0.717) is 6.61 Å². The predicted molar refractivity (Wildman–Crippen MR) is 82.0 cm³/mol. The van der Waals surface area contributed by atoms with Crippen LogP contribution in [-0.2, 0) is 6.54 Å². The molecule has 0 unspecified atom stereocenters. The van der Waals surface area contributed by atoms with E-state index in [9.17, 15) is 0 Å². The van der Waals surface area contributed by atoms with Gasteiger partial charge in [-0.3, -0.25) is 4.90 Å². The van der Waals surface area contributed by atoms with Gasteiger partial charge in [0.25, 0.3) is 0 Å². The summed E-state index contributed by atoms with van der Waals surface area (Å²) < 4.78 is 11.8. The third-order valence-corrected chi connectivity index (χ3v) is 3.21. The summed E-state index contributed by atoms with van der Waals surface area (Å²) in [6, 6.07) is 16.0. The summed E-state index contributed by atoms with van der Waals surface area (Å²) in [4.78, 5) is 2.23. The Hall–Kier alpha value is -1.71. The van der Waals surface area contributed by atoms with Crippen LogP contribution in [0.1, 0.15) is 5.56 Å². The summed E-state index contributed by atoms with van der Waals surface area (Å²) >= 11 is 0. The van der Waals surface area contributed by atoms with Gasteiger partial charge in [-0.15, -0.1) is 12.4 Å². The highest BCUT2D eigenvalue weighted by atomic mass is 35.5. The second-order valence-corrected chi connectivity index (χ2v) is 4.74. The Morgan fingerprint density at radius 2 is 1.55 bits per heavy atom. The van der Waals surface area contributed by atoms with Crippen molar-refractivity contribution in [3.63, 3.8) is 0 Å². The monoisotopic (exact) mass is 291 g/mol. The van der Waals surface area contributed by atoms with Gasteiger partial charge in [-0.05, 0) is 25.2 Å². The van der Waals surface area contributed by atoms with Crippen molar-refractivity contribution in [2.24, 2.45) is 0 Å². The zero-order valence-corrected chi connectivity index (χ0v) is 12.2. The molecule has 0 radical (unpaired) electrons. The quantitative estimate of drug-likeness (QED) is 0.738. The molecule has 0 saturated heterocycles. The summed E-state index contributed by atoms with van der Waals surface area (Å²) in [5, 5.41) is 0. The molecule has 2 aromatic rings. The maximum atomic E-state index is 6.01. The van der Waals surface area contributed by atoms with Crippen LogP contribution >= 0.6 is 12.4 Å². The van der Waals surface area contributed by atoms with E-state index in [1.165, 1.54) is 5.56 Å². The van der Waals surface area contributed by atoms with E-state index in [4.69, 9.17) is 9.47 Å². The fourth-order valence-electron chi connectivity index (χ4n) is 2.19. The maximum Gasteiger partial charge on any atom is 0.169 e. The zero-order valence-electron chi connectivity index (χ0n) is 11.4. The Labute approximate surface area is 125 Å². The molecule has 0 bridgehead atoms. The molecule has 1 heterocycles. The molecule has 0 atom stereocenters. The molecule has 0 fully saturated rings. The van der Waals surface area contributed by atoms with Crippen LogP contribution in [0.3, 0.4) is 0 Å². The molecule has 0 aromatic heterocycles. The first-order valence-electron chi connectivity index (χ1n) is 6.49. The Bertz CT molecular complexity index is 574. The largest absolute Gasteiger partial charge is 0.488 e. The molecule has 0 amide bonds. The number of nitrogens with zero attached hydrogens (tertiary/aromatic N) is 1. The standard InChI is InChI=1S/C16H17NO2.ClH/c1-17-10-11-18-15-8-4-5-9-16(15)19-14-7-3-2-6-13(14)12-17;/h2-9H,10-12H2,1H3;1H. The van der Waals surface area contributed by atoms with Crippen LogP contribution in [0.4, 0.5) is 0 Å².